The van der Waals surface area contributed by atoms with Crippen molar-refractivity contribution in [1.29, 1.82) is 5.26 Å². The van der Waals surface area contributed by atoms with Crippen LogP contribution in [0.2, 0.25) is 5.02 Å². The number of aromatic nitrogens is 7. The molecule has 4 aromatic rings. The molecule has 2 amide bonds. The number of allylic oxidation sites excluding steroid dienone is 1. The Morgan fingerprint density at radius 1 is 1.23 bits per heavy atom. The third-order valence-electron chi connectivity index (χ3n) is 5.30. The molecule has 3 heterocycles. The van der Waals surface area contributed by atoms with Crippen molar-refractivity contribution < 1.29 is 22.8 Å². The first-order valence-electron chi connectivity index (χ1n) is 11.2. The van der Waals surface area contributed by atoms with Crippen LogP contribution in [0.25, 0.3) is 5.82 Å². The highest BCUT2D eigenvalue weighted by Crippen LogP contribution is 2.28. The average molecular weight is 571 g/mol. The normalized spacial score (nSPS) is 11.1. The first kappa shape index (κ1) is 27.9. The summed E-state index contributed by atoms with van der Waals surface area (Å²) in [6.07, 6.45) is -3.44. The molecule has 1 aromatic carbocycles. The molecule has 4 rings (SSSR count). The number of alkyl halides is 3. The number of carbonyl (C=O) groups is 2. The standard InChI is InChI=1S/C24H18ClF3N10O2/c1-12(2)31-21(39)16-8-14(10-29)7-13(3)19(16)32-22(40)18-9-15(11-37-23(24(26,27)28)33-35-36-37)34-38(18)20-17(25)5-4-6-30-20/h4-9H,1,11H2,2-3H3,(H,31,39)(H,32,40). The summed E-state index contributed by atoms with van der Waals surface area (Å²) in [4.78, 5) is 30.6. The number of nitrogens with zero attached hydrogens (tertiary/aromatic N) is 8. The van der Waals surface area contributed by atoms with Crippen LogP contribution in [0, 0.1) is 18.3 Å². The van der Waals surface area contributed by atoms with E-state index in [1.807, 2.05) is 6.07 Å². The molecular formula is C24H18ClF3N10O2. The third-order valence-corrected chi connectivity index (χ3v) is 5.60. The molecule has 0 aliphatic rings. The number of halogens is 4. The van der Waals surface area contributed by atoms with Crippen LogP contribution in [0.4, 0.5) is 18.9 Å². The molecule has 0 saturated carbocycles. The molecule has 0 spiro atoms. The zero-order valence-corrected chi connectivity index (χ0v) is 21.5. The lowest BCUT2D eigenvalue weighted by Crippen LogP contribution is -2.25. The van der Waals surface area contributed by atoms with Gasteiger partial charge in [0.05, 0.1) is 40.1 Å². The average Bonchev–Trinajstić information content (AvgIpc) is 3.52. The summed E-state index contributed by atoms with van der Waals surface area (Å²) < 4.78 is 41.4. The van der Waals surface area contributed by atoms with Gasteiger partial charge >= 0.3 is 6.18 Å². The minimum atomic E-state index is -4.83. The highest BCUT2D eigenvalue weighted by molar-refractivity contribution is 6.32. The van der Waals surface area contributed by atoms with Gasteiger partial charge in [0.2, 0.25) is 0 Å². The number of benzene rings is 1. The predicted molar refractivity (Wildman–Crippen MR) is 134 cm³/mol. The molecule has 0 aliphatic carbocycles. The van der Waals surface area contributed by atoms with Crippen molar-refractivity contribution in [3.05, 3.63) is 87.7 Å². The summed E-state index contributed by atoms with van der Waals surface area (Å²) in [5.74, 6) is -2.76. The summed E-state index contributed by atoms with van der Waals surface area (Å²) in [6, 6.07) is 8.97. The van der Waals surface area contributed by atoms with Crippen molar-refractivity contribution >= 4 is 29.1 Å². The Hall–Kier alpha value is -5.10. The molecule has 0 fully saturated rings. The molecule has 2 N–H and O–H groups in total. The molecule has 16 heteroatoms. The van der Waals surface area contributed by atoms with Crippen LogP contribution >= 0.6 is 11.6 Å². The van der Waals surface area contributed by atoms with Gasteiger partial charge in [0.15, 0.2) is 5.82 Å². The Balaban J connectivity index is 1.79. The number of aryl methyl sites for hydroxylation is 1. The second kappa shape index (κ2) is 10.9. The van der Waals surface area contributed by atoms with E-state index in [1.54, 1.807) is 19.9 Å². The second-order valence-electron chi connectivity index (χ2n) is 8.42. The lowest BCUT2D eigenvalue weighted by Gasteiger charge is -2.15. The molecule has 0 atom stereocenters. The van der Waals surface area contributed by atoms with E-state index in [4.69, 9.17) is 11.6 Å². The van der Waals surface area contributed by atoms with Gasteiger partial charge in [-0.2, -0.15) is 23.5 Å². The summed E-state index contributed by atoms with van der Waals surface area (Å²) in [7, 11) is 0. The van der Waals surface area contributed by atoms with E-state index in [1.165, 1.54) is 30.5 Å². The zero-order chi connectivity index (χ0) is 29.2. The molecule has 0 bridgehead atoms. The Kier molecular flexibility index (Phi) is 7.64. The van der Waals surface area contributed by atoms with E-state index in [0.29, 0.717) is 15.9 Å². The Labute approximate surface area is 229 Å². The summed E-state index contributed by atoms with van der Waals surface area (Å²) in [6.45, 7) is 6.23. The van der Waals surface area contributed by atoms with Gasteiger partial charge in [0.1, 0.15) is 5.69 Å². The van der Waals surface area contributed by atoms with E-state index in [0.717, 1.165) is 4.68 Å². The van der Waals surface area contributed by atoms with Gasteiger partial charge in [-0.1, -0.05) is 18.2 Å². The van der Waals surface area contributed by atoms with Crippen molar-refractivity contribution in [3.8, 4) is 11.9 Å². The van der Waals surface area contributed by atoms with E-state index in [-0.39, 0.29) is 39.0 Å². The molecule has 0 radical (unpaired) electrons. The van der Waals surface area contributed by atoms with Crippen molar-refractivity contribution in [2.75, 3.05) is 5.32 Å². The smallest absolute Gasteiger partial charge is 0.327 e. The van der Waals surface area contributed by atoms with Crippen molar-refractivity contribution in [1.82, 2.24) is 40.3 Å². The lowest BCUT2D eigenvalue weighted by atomic mass is 10.0. The van der Waals surface area contributed by atoms with Crippen LogP contribution < -0.4 is 10.6 Å². The number of nitrogens with one attached hydrogen (secondary N) is 2. The number of tetrazole rings is 1. The maximum absolute atomic E-state index is 13.6. The van der Waals surface area contributed by atoms with Gasteiger partial charge in [-0.25, -0.2) is 14.3 Å². The number of rotatable bonds is 7. The SMILES string of the molecule is C=C(C)NC(=O)c1cc(C#N)cc(C)c1NC(=O)c1cc(Cn2nnnc2C(F)(F)F)nn1-c1ncccc1Cl. The third kappa shape index (κ3) is 5.81. The molecule has 0 unspecified atom stereocenters. The largest absolute Gasteiger partial charge is 0.453 e. The number of hydrogen-bond donors (Lipinski definition) is 2. The van der Waals surface area contributed by atoms with E-state index in [2.05, 4.69) is 42.8 Å². The number of pyridine rings is 1. The number of nitriles is 1. The lowest BCUT2D eigenvalue weighted by molar-refractivity contribution is -0.147. The predicted octanol–water partition coefficient (Wildman–Crippen LogP) is 3.67. The van der Waals surface area contributed by atoms with Crippen LogP contribution in [0.5, 0.6) is 0 Å². The highest BCUT2D eigenvalue weighted by atomic mass is 35.5. The number of carbonyl (C=O) groups excluding carboxylic acids is 2. The quantitative estimate of drug-likeness (QED) is 0.341. The van der Waals surface area contributed by atoms with Crippen LogP contribution in [0.1, 0.15) is 50.4 Å². The highest BCUT2D eigenvalue weighted by Gasteiger charge is 2.38. The van der Waals surface area contributed by atoms with Crippen LogP contribution in [-0.2, 0) is 12.7 Å². The Morgan fingerprint density at radius 2 is 1.98 bits per heavy atom. The molecule has 40 heavy (non-hydrogen) atoms. The van der Waals surface area contributed by atoms with Gasteiger partial charge in [-0.05, 0) is 60.2 Å². The number of hydrogen-bond acceptors (Lipinski definition) is 8. The first-order chi connectivity index (χ1) is 18.9. The van der Waals surface area contributed by atoms with Gasteiger partial charge in [-0.15, -0.1) is 5.10 Å². The van der Waals surface area contributed by atoms with Crippen LogP contribution in [0.3, 0.4) is 0 Å². The molecule has 12 nitrogen and oxygen atoms in total. The van der Waals surface area contributed by atoms with Gasteiger partial charge in [-0.3, -0.25) is 9.59 Å². The summed E-state index contributed by atoms with van der Waals surface area (Å²) >= 11 is 6.27. The maximum atomic E-state index is 13.6. The van der Waals surface area contributed by atoms with Crippen molar-refractivity contribution in [2.45, 2.75) is 26.6 Å². The van der Waals surface area contributed by atoms with Crippen molar-refractivity contribution in [3.63, 3.8) is 0 Å². The van der Waals surface area contributed by atoms with Gasteiger partial charge in [0, 0.05) is 11.9 Å². The summed E-state index contributed by atoms with van der Waals surface area (Å²) in [5, 5.41) is 28.3. The fourth-order valence-electron chi connectivity index (χ4n) is 3.67. The molecule has 0 saturated heterocycles. The zero-order valence-electron chi connectivity index (χ0n) is 20.8. The van der Waals surface area contributed by atoms with E-state index >= 15 is 0 Å². The minimum Gasteiger partial charge on any atom is -0.327 e. The second-order valence-corrected chi connectivity index (χ2v) is 8.82. The minimum absolute atomic E-state index is 0.0152. The Morgan fingerprint density at radius 3 is 2.62 bits per heavy atom. The number of anilines is 1. The fraction of sp³-hybridized carbons (Fsp3) is 0.167. The topological polar surface area (TPSA) is 156 Å². The van der Waals surface area contributed by atoms with Gasteiger partial charge in [0.25, 0.3) is 17.6 Å². The van der Waals surface area contributed by atoms with Crippen LogP contribution in [-0.4, -0.2) is 46.8 Å². The number of amides is 2. The molecule has 3 aromatic heterocycles. The van der Waals surface area contributed by atoms with E-state index in [9.17, 15) is 28.0 Å². The fourth-order valence-corrected chi connectivity index (χ4v) is 3.87. The van der Waals surface area contributed by atoms with Gasteiger partial charge < -0.3 is 10.6 Å². The van der Waals surface area contributed by atoms with Crippen LogP contribution in [0.15, 0.2) is 48.8 Å². The Bertz CT molecular complexity index is 1690. The van der Waals surface area contributed by atoms with Crippen molar-refractivity contribution in [2.24, 2.45) is 0 Å². The summed E-state index contributed by atoms with van der Waals surface area (Å²) in [5.41, 5.74) is 0.772. The molecule has 204 valence electrons. The maximum Gasteiger partial charge on any atom is 0.453 e. The first-order valence-corrected chi connectivity index (χ1v) is 11.6. The molecular weight excluding hydrogens is 553 g/mol. The van der Waals surface area contributed by atoms with E-state index < -0.39 is 30.4 Å². The molecule has 0 aliphatic heterocycles. The monoisotopic (exact) mass is 570 g/mol.